The van der Waals surface area contributed by atoms with Gasteiger partial charge in [-0.25, -0.2) is 0 Å². The average Bonchev–Trinajstić information content (AvgIpc) is 2.85. The minimum atomic E-state index is -0.485. The first kappa shape index (κ1) is 14.2. The Hall–Kier alpha value is -2.80. The predicted molar refractivity (Wildman–Crippen MR) is 86.5 cm³/mol. The van der Waals surface area contributed by atoms with Crippen LogP contribution >= 0.6 is 0 Å². The minimum absolute atomic E-state index is 0.390. The third-order valence-corrected chi connectivity index (χ3v) is 3.84. The van der Waals surface area contributed by atoms with Crippen LogP contribution in [0.4, 0.5) is 4.39 Å². The molecule has 1 aromatic heterocycles. The molecule has 22 heavy (non-hydrogen) atoms. The molecule has 0 bridgehead atoms. The Morgan fingerprint density at radius 2 is 2.09 bits per heavy atom. The predicted octanol–water partition coefficient (Wildman–Crippen LogP) is 3.23. The van der Waals surface area contributed by atoms with E-state index in [1.807, 2.05) is 28.8 Å². The van der Waals surface area contributed by atoms with Gasteiger partial charge in [-0.3, -0.25) is 9.18 Å². The van der Waals surface area contributed by atoms with E-state index in [9.17, 15) is 9.18 Å². The van der Waals surface area contributed by atoms with Gasteiger partial charge in [0.1, 0.15) is 0 Å². The van der Waals surface area contributed by atoms with E-state index in [0.29, 0.717) is 18.5 Å². The fourth-order valence-electron chi connectivity index (χ4n) is 2.90. The maximum absolute atomic E-state index is 12.6. The normalized spacial score (nSPS) is 10.9. The molecular weight excluding hydrogens is 279 g/mol. The number of carbonyl (C=O) groups is 1. The van der Waals surface area contributed by atoms with E-state index < -0.39 is 5.91 Å². The molecule has 0 fully saturated rings. The van der Waals surface area contributed by atoms with Gasteiger partial charge in [-0.2, -0.15) is 0 Å². The van der Waals surface area contributed by atoms with Gasteiger partial charge in [0.05, 0.1) is 6.67 Å². The third-order valence-electron chi connectivity index (χ3n) is 3.84. The molecule has 0 unspecified atom stereocenters. The lowest BCUT2D eigenvalue weighted by atomic mass is 10.0. The van der Waals surface area contributed by atoms with Crippen LogP contribution in [-0.2, 0) is 6.54 Å². The molecular formula is C18H15FN2O. The van der Waals surface area contributed by atoms with E-state index in [1.165, 1.54) is 0 Å². The van der Waals surface area contributed by atoms with Gasteiger partial charge in [0.2, 0.25) is 5.91 Å². The van der Waals surface area contributed by atoms with Crippen LogP contribution in [0.2, 0.25) is 0 Å². The Morgan fingerprint density at radius 3 is 2.77 bits per heavy atom. The molecule has 3 rings (SSSR count). The fraction of sp³-hybridized carbons (Fsp3) is 0.167. The monoisotopic (exact) mass is 294 g/mol. The maximum atomic E-state index is 12.6. The van der Waals surface area contributed by atoms with Crippen molar-refractivity contribution in [3.05, 3.63) is 47.5 Å². The Morgan fingerprint density at radius 1 is 1.27 bits per heavy atom. The van der Waals surface area contributed by atoms with Gasteiger partial charge < -0.3 is 10.3 Å². The number of amides is 1. The Balaban J connectivity index is 2.44. The van der Waals surface area contributed by atoms with Gasteiger partial charge >= 0.3 is 0 Å². The number of terminal acetylenes is 1. The van der Waals surface area contributed by atoms with Crippen molar-refractivity contribution in [2.24, 2.45) is 5.73 Å². The standard InChI is InChI=1S/C18H15FN2O/c1-2-12-7-8-15-14(11-12)17-13(18(20)22)5-3-6-16(17)21(15)10-4-9-19/h1,3,5-8,11H,4,9-10H2,(H2,20,22). The van der Waals surface area contributed by atoms with Crippen LogP contribution in [0.25, 0.3) is 21.8 Å². The highest BCUT2D eigenvalue weighted by Gasteiger charge is 2.16. The van der Waals surface area contributed by atoms with E-state index >= 15 is 0 Å². The van der Waals surface area contributed by atoms with E-state index in [2.05, 4.69) is 5.92 Å². The second-order valence-electron chi connectivity index (χ2n) is 5.13. The molecule has 0 aliphatic carbocycles. The number of hydrogen-bond donors (Lipinski definition) is 1. The summed E-state index contributed by atoms with van der Waals surface area (Å²) in [6.07, 6.45) is 5.89. The van der Waals surface area contributed by atoms with Crippen molar-refractivity contribution in [2.75, 3.05) is 6.67 Å². The Kier molecular flexibility index (Phi) is 3.56. The molecule has 0 saturated carbocycles. The van der Waals surface area contributed by atoms with Gasteiger partial charge in [0.15, 0.2) is 0 Å². The summed E-state index contributed by atoms with van der Waals surface area (Å²) in [7, 11) is 0. The zero-order chi connectivity index (χ0) is 15.7. The van der Waals surface area contributed by atoms with Crippen LogP contribution < -0.4 is 5.73 Å². The van der Waals surface area contributed by atoms with Crippen LogP contribution in [0.3, 0.4) is 0 Å². The van der Waals surface area contributed by atoms with Gasteiger partial charge in [-0.1, -0.05) is 12.0 Å². The number of halogens is 1. The molecule has 1 amide bonds. The highest BCUT2D eigenvalue weighted by Crippen LogP contribution is 2.32. The van der Waals surface area contributed by atoms with E-state index in [1.54, 1.807) is 12.1 Å². The number of primary amides is 1. The summed E-state index contributed by atoms with van der Waals surface area (Å²) in [5.41, 5.74) is 8.49. The summed E-state index contributed by atoms with van der Waals surface area (Å²) in [4.78, 5) is 11.7. The molecule has 0 saturated heterocycles. The summed E-state index contributed by atoms with van der Waals surface area (Å²) in [6, 6.07) is 11.0. The lowest BCUT2D eigenvalue weighted by Crippen LogP contribution is -2.11. The topological polar surface area (TPSA) is 48.0 Å². The molecule has 0 atom stereocenters. The summed E-state index contributed by atoms with van der Waals surface area (Å²) in [5, 5.41) is 1.65. The SMILES string of the molecule is C#Cc1ccc2c(c1)c1c(C(N)=O)cccc1n2CCCF. The van der Waals surface area contributed by atoms with Crippen molar-refractivity contribution in [1.82, 2.24) is 4.57 Å². The quantitative estimate of drug-likeness (QED) is 0.738. The summed E-state index contributed by atoms with van der Waals surface area (Å²) < 4.78 is 14.6. The third kappa shape index (κ3) is 2.11. The first-order chi connectivity index (χ1) is 10.7. The zero-order valence-corrected chi connectivity index (χ0v) is 12.0. The lowest BCUT2D eigenvalue weighted by molar-refractivity contribution is 0.100. The van der Waals surface area contributed by atoms with Crippen molar-refractivity contribution in [3.8, 4) is 12.3 Å². The number of carbonyl (C=O) groups excluding carboxylic acids is 1. The van der Waals surface area contributed by atoms with Gasteiger partial charge in [-0.05, 0) is 36.8 Å². The van der Waals surface area contributed by atoms with E-state index in [0.717, 1.165) is 27.4 Å². The van der Waals surface area contributed by atoms with Crippen molar-refractivity contribution in [2.45, 2.75) is 13.0 Å². The number of nitrogens with two attached hydrogens (primary N) is 1. The largest absolute Gasteiger partial charge is 0.366 e. The number of fused-ring (bicyclic) bond motifs is 3. The van der Waals surface area contributed by atoms with Crippen LogP contribution in [0.5, 0.6) is 0 Å². The van der Waals surface area contributed by atoms with Crippen molar-refractivity contribution < 1.29 is 9.18 Å². The second-order valence-corrected chi connectivity index (χ2v) is 5.13. The van der Waals surface area contributed by atoms with E-state index in [-0.39, 0.29) is 6.67 Å². The fourth-order valence-corrected chi connectivity index (χ4v) is 2.90. The molecule has 3 aromatic rings. The number of rotatable bonds is 4. The summed E-state index contributed by atoms with van der Waals surface area (Å²) in [6.45, 7) is 0.146. The van der Waals surface area contributed by atoms with Crippen LogP contribution in [0.15, 0.2) is 36.4 Å². The van der Waals surface area contributed by atoms with E-state index in [4.69, 9.17) is 12.2 Å². The van der Waals surface area contributed by atoms with Crippen molar-refractivity contribution in [3.63, 3.8) is 0 Å². The van der Waals surface area contributed by atoms with Crippen molar-refractivity contribution >= 4 is 27.7 Å². The summed E-state index contributed by atoms with van der Waals surface area (Å²) in [5.74, 6) is 2.11. The minimum Gasteiger partial charge on any atom is -0.366 e. The summed E-state index contributed by atoms with van der Waals surface area (Å²) >= 11 is 0. The zero-order valence-electron chi connectivity index (χ0n) is 12.0. The molecule has 0 aliphatic rings. The van der Waals surface area contributed by atoms with Gasteiger partial charge in [-0.15, -0.1) is 6.42 Å². The number of aryl methyl sites for hydroxylation is 1. The van der Waals surface area contributed by atoms with Crippen LogP contribution in [-0.4, -0.2) is 17.1 Å². The Bertz CT molecular complexity index is 918. The first-order valence-electron chi connectivity index (χ1n) is 7.04. The molecule has 3 nitrogen and oxygen atoms in total. The molecule has 4 heteroatoms. The molecule has 2 aromatic carbocycles. The number of benzene rings is 2. The molecule has 0 spiro atoms. The second kappa shape index (κ2) is 5.53. The van der Waals surface area contributed by atoms with Crippen LogP contribution in [0.1, 0.15) is 22.3 Å². The molecule has 0 radical (unpaired) electrons. The number of nitrogens with zero attached hydrogens (tertiary/aromatic N) is 1. The van der Waals surface area contributed by atoms with Crippen LogP contribution in [0, 0.1) is 12.3 Å². The van der Waals surface area contributed by atoms with Gasteiger partial charge in [0, 0.05) is 39.5 Å². The molecule has 1 heterocycles. The highest BCUT2D eigenvalue weighted by atomic mass is 19.1. The van der Waals surface area contributed by atoms with Crippen molar-refractivity contribution in [1.29, 1.82) is 0 Å². The maximum Gasteiger partial charge on any atom is 0.249 e. The molecule has 110 valence electrons. The number of alkyl halides is 1. The average molecular weight is 294 g/mol. The first-order valence-corrected chi connectivity index (χ1v) is 7.04. The lowest BCUT2D eigenvalue weighted by Gasteiger charge is -2.06. The number of aromatic nitrogens is 1. The smallest absolute Gasteiger partial charge is 0.249 e. The molecule has 2 N–H and O–H groups in total. The Labute approximate surface area is 127 Å². The van der Waals surface area contributed by atoms with Gasteiger partial charge in [0.25, 0.3) is 0 Å². The highest BCUT2D eigenvalue weighted by molar-refractivity contribution is 6.18. The molecule has 0 aliphatic heterocycles. The number of hydrogen-bond acceptors (Lipinski definition) is 1.